The molecule has 0 bridgehead atoms. The molecule has 1 N–H and O–H groups in total. The van der Waals surface area contributed by atoms with Gasteiger partial charge in [0.25, 0.3) is 0 Å². The first kappa shape index (κ1) is 13.7. The van der Waals surface area contributed by atoms with E-state index in [1.165, 1.54) is 17.7 Å². The van der Waals surface area contributed by atoms with Gasteiger partial charge in [0.05, 0.1) is 0 Å². The minimum absolute atomic E-state index is 0.0234. The van der Waals surface area contributed by atoms with E-state index in [9.17, 15) is 8.78 Å². The minimum atomic E-state index is -0.804. The third kappa shape index (κ3) is 3.61. The number of nitrogens with one attached hydrogen (secondary N) is 1. The lowest BCUT2D eigenvalue weighted by atomic mass is 9.99. The topological polar surface area (TPSA) is 12.0 Å². The van der Waals surface area contributed by atoms with Crippen molar-refractivity contribution in [1.29, 1.82) is 0 Å². The van der Waals surface area contributed by atoms with Crippen LogP contribution in [0.2, 0.25) is 0 Å². The van der Waals surface area contributed by atoms with Gasteiger partial charge in [-0.2, -0.15) is 0 Å². The van der Waals surface area contributed by atoms with Crippen molar-refractivity contribution >= 4 is 0 Å². The molecule has 2 aromatic carbocycles. The van der Waals surface area contributed by atoms with Crippen LogP contribution in [0.1, 0.15) is 23.6 Å². The van der Waals surface area contributed by atoms with Gasteiger partial charge in [0.15, 0.2) is 11.6 Å². The van der Waals surface area contributed by atoms with Crippen LogP contribution in [-0.2, 0) is 6.42 Å². The van der Waals surface area contributed by atoms with Gasteiger partial charge in [0.2, 0.25) is 0 Å². The fourth-order valence-corrected chi connectivity index (χ4v) is 2.16. The quantitative estimate of drug-likeness (QED) is 0.861. The first-order valence-corrected chi connectivity index (χ1v) is 6.37. The molecule has 0 saturated heterocycles. The van der Waals surface area contributed by atoms with Gasteiger partial charge >= 0.3 is 0 Å². The Balaban J connectivity index is 2.05. The second-order valence-corrected chi connectivity index (χ2v) is 4.54. The molecule has 1 nitrogen and oxygen atoms in total. The van der Waals surface area contributed by atoms with E-state index >= 15 is 0 Å². The van der Waals surface area contributed by atoms with Crippen molar-refractivity contribution in [2.75, 3.05) is 7.05 Å². The Kier molecular flexibility index (Phi) is 4.63. The zero-order chi connectivity index (χ0) is 13.7. The molecular formula is C16H17F2N. The van der Waals surface area contributed by atoms with Gasteiger partial charge < -0.3 is 5.32 Å². The van der Waals surface area contributed by atoms with Crippen molar-refractivity contribution in [3.63, 3.8) is 0 Å². The number of rotatable bonds is 5. The normalized spacial score (nSPS) is 12.4. The number of benzene rings is 2. The van der Waals surface area contributed by atoms with Crippen molar-refractivity contribution in [3.8, 4) is 0 Å². The average molecular weight is 261 g/mol. The van der Waals surface area contributed by atoms with Crippen LogP contribution in [0.15, 0.2) is 48.5 Å². The van der Waals surface area contributed by atoms with Crippen LogP contribution in [0.25, 0.3) is 0 Å². The summed E-state index contributed by atoms with van der Waals surface area (Å²) in [5, 5.41) is 3.15. The molecule has 0 aromatic heterocycles. The Hall–Kier alpha value is -1.74. The fraction of sp³-hybridized carbons (Fsp3) is 0.250. The highest BCUT2D eigenvalue weighted by atomic mass is 19.2. The molecule has 0 radical (unpaired) electrons. The van der Waals surface area contributed by atoms with E-state index in [1.54, 1.807) is 6.07 Å². The lowest BCUT2D eigenvalue weighted by Gasteiger charge is -2.17. The van der Waals surface area contributed by atoms with Crippen LogP contribution in [0, 0.1) is 11.6 Å². The van der Waals surface area contributed by atoms with E-state index in [2.05, 4.69) is 17.4 Å². The second kappa shape index (κ2) is 6.43. The van der Waals surface area contributed by atoms with Crippen LogP contribution < -0.4 is 5.32 Å². The molecular weight excluding hydrogens is 244 g/mol. The maximum Gasteiger partial charge on any atom is 0.159 e. The maximum absolute atomic E-state index is 13.2. The summed E-state index contributed by atoms with van der Waals surface area (Å²) in [6.45, 7) is 0. The van der Waals surface area contributed by atoms with Gasteiger partial charge in [-0.05, 0) is 43.1 Å². The summed E-state index contributed by atoms with van der Waals surface area (Å²) in [5.41, 5.74) is 2.02. The fourth-order valence-electron chi connectivity index (χ4n) is 2.16. The lowest BCUT2D eigenvalue weighted by Crippen LogP contribution is -2.17. The van der Waals surface area contributed by atoms with Crippen LogP contribution in [0.3, 0.4) is 0 Å². The molecule has 0 saturated carbocycles. The Labute approximate surface area is 112 Å². The smallest absolute Gasteiger partial charge is 0.159 e. The van der Waals surface area contributed by atoms with E-state index in [4.69, 9.17) is 0 Å². The zero-order valence-electron chi connectivity index (χ0n) is 10.9. The van der Waals surface area contributed by atoms with Crippen LogP contribution in [0.4, 0.5) is 8.78 Å². The third-order valence-electron chi connectivity index (χ3n) is 3.26. The van der Waals surface area contributed by atoms with Gasteiger partial charge in [-0.1, -0.05) is 36.4 Å². The van der Waals surface area contributed by atoms with Gasteiger partial charge in [0, 0.05) is 6.04 Å². The Bertz CT molecular complexity index is 526. The standard InChI is InChI=1S/C16H17F2N/c1-19-16(10-7-12-5-3-2-4-6-12)13-8-9-14(17)15(18)11-13/h2-6,8-9,11,16,19H,7,10H2,1H3. The Morgan fingerprint density at radius 3 is 2.37 bits per heavy atom. The molecule has 0 fully saturated rings. The van der Waals surface area contributed by atoms with E-state index in [1.807, 2.05) is 25.2 Å². The summed E-state index contributed by atoms with van der Waals surface area (Å²) in [6.07, 6.45) is 1.73. The Morgan fingerprint density at radius 2 is 1.74 bits per heavy atom. The predicted octanol–water partition coefficient (Wildman–Crippen LogP) is 3.86. The molecule has 0 spiro atoms. The van der Waals surface area contributed by atoms with Crippen LogP contribution in [-0.4, -0.2) is 7.05 Å². The summed E-state index contributed by atoms with van der Waals surface area (Å²) in [5.74, 6) is -1.60. The largest absolute Gasteiger partial charge is 0.313 e. The molecule has 2 aromatic rings. The summed E-state index contributed by atoms with van der Waals surface area (Å²) < 4.78 is 26.2. The lowest BCUT2D eigenvalue weighted by molar-refractivity contribution is 0.496. The first-order chi connectivity index (χ1) is 9.20. The second-order valence-electron chi connectivity index (χ2n) is 4.54. The highest BCUT2D eigenvalue weighted by molar-refractivity contribution is 5.22. The molecule has 0 amide bonds. The Morgan fingerprint density at radius 1 is 1.00 bits per heavy atom. The van der Waals surface area contributed by atoms with Gasteiger partial charge in [-0.25, -0.2) is 8.78 Å². The van der Waals surface area contributed by atoms with Gasteiger partial charge in [0.1, 0.15) is 0 Å². The number of hydrogen-bond acceptors (Lipinski definition) is 1. The van der Waals surface area contributed by atoms with Crippen molar-refractivity contribution < 1.29 is 8.78 Å². The molecule has 0 aliphatic rings. The van der Waals surface area contributed by atoms with E-state index in [0.29, 0.717) is 0 Å². The van der Waals surface area contributed by atoms with Crippen molar-refractivity contribution in [2.24, 2.45) is 0 Å². The summed E-state index contributed by atoms with van der Waals surface area (Å²) in [4.78, 5) is 0. The molecule has 1 unspecified atom stereocenters. The van der Waals surface area contributed by atoms with Gasteiger partial charge in [-0.15, -0.1) is 0 Å². The van der Waals surface area contributed by atoms with Crippen molar-refractivity contribution in [1.82, 2.24) is 5.32 Å². The maximum atomic E-state index is 13.2. The van der Waals surface area contributed by atoms with Crippen LogP contribution in [0.5, 0.6) is 0 Å². The first-order valence-electron chi connectivity index (χ1n) is 6.37. The minimum Gasteiger partial charge on any atom is -0.313 e. The zero-order valence-corrected chi connectivity index (χ0v) is 10.9. The van der Waals surface area contributed by atoms with Crippen molar-refractivity contribution in [3.05, 3.63) is 71.3 Å². The molecule has 3 heteroatoms. The third-order valence-corrected chi connectivity index (χ3v) is 3.26. The molecule has 0 heterocycles. The highest BCUT2D eigenvalue weighted by Gasteiger charge is 2.12. The molecule has 0 aliphatic carbocycles. The molecule has 0 aliphatic heterocycles. The number of hydrogen-bond donors (Lipinski definition) is 1. The monoisotopic (exact) mass is 261 g/mol. The summed E-state index contributed by atoms with van der Waals surface area (Å²) in [6, 6.07) is 14.2. The molecule has 2 rings (SSSR count). The molecule has 100 valence electrons. The number of aryl methyl sites for hydroxylation is 1. The van der Waals surface area contributed by atoms with E-state index in [0.717, 1.165) is 18.4 Å². The van der Waals surface area contributed by atoms with E-state index < -0.39 is 11.6 Å². The SMILES string of the molecule is CNC(CCc1ccccc1)c1ccc(F)c(F)c1. The van der Waals surface area contributed by atoms with Gasteiger partial charge in [-0.3, -0.25) is 0 Å². The van der Waals surface area contributed by atoms with E-state index in [-0.39, 0.29) is 6.04 Å². The molecule has 19 heavy (non-hydrogen) atoms. The van der Waals surface area contributed by atoms with Crippen LogP contribution >= 0.6 is 0 Å². The number of halogens is 2. The molecule has 1 atom stereocenters. The predicted molar refractivity (Wildman–Crippen MR) is 72.9 cm³/mol. The summed E-state index contributed by atoms with van der Waals surface area (Å²) in [7, 11) is 1.83. The average Bonchev–Trinajstić information content (AvgIpc) is 2.44. The summed E-state index contributed by atoms with van der Waals surface area (Å²) >= 11 is 0. The van der Waals surface area contributed by atoms with Crippen molar-refractivity contribution in [2.45, 2.75) is 18.9 Å². The highest BCUT2D eigenvalue weighted by Crippen LogP contribution is 2.20.